The van der Waals surface area contributed by atoms with Crippen molar-refractivity contribution in [1.29, 1.82) is 0 Å². The summed E-state index contributed by atoms with van der Waals surface area (Å²) < 4.78 is 16.6. The number of hydrogen-bond donors (Lipinski definition) is 1. The van der Waals surface area contributed by atoms with Gasteiger partial charge in [0, 0.05) is 0 Å². The van der Waals surface area contributed by atoms with Crippen molar-refractivity contribution in [3.05, 3.63) is 58.8 Å². The van der Waals surface area contributed by atoms with Crippen LogP contribution < -0.4 is 10.5 Å². The highest BCUT2D eigenvalue weighted by molar-refractivity contribution is 5.42. The second-order valence-corrected chi connectivity index (χ2v) is 5.11. The molecule has 0 aliphatic rings. The van der Waals surface area contributed by atoms with Gasteiger partial charge < -0.3 is 18.7 Å². The van der Waals surface area contributed by atoms with E-state index in [1.807, 2.05) is 31.2 Å². The normalized spacial score (nSPS) is 12.3. The predicted molar refractivity (Wildman–Crippen MR) is 81.1 cm³/mol. The highest BCUT2D eigenvalue weighted by Gasteiger charge is 2.15. The minimum Gasteiger partial charge on any atom is -0.491 e. The monoisotopic (exact) mass is 316 g/mol. The van der Waals surface area contributed by atoms with Crippen LogP contribution in [0, 0.1) is 6.92 Å². The lowest BCUT2D eigenvalue weighted by Gasteiger charge is -2.11. The van der Waals surface area contributed by atoms with Gasteiger partial charge in [0.1, 0.15) is 18.5 Å². The van der Waals surface area contributed by atoms with E-state index in [2.05, 4.69) is 5.10 Å². The van der Waals surface area contributed by atoms with Crippen LogP contribution in [0.15, 0.2) is 56.3 Å². The summed E-state index contributed by atoms with van der Waals surface area (Å²) in [6.07, 6.45) is 0.557. The van der Waals surface area contributed by atoms with Crippen LogP contribution in [0.4, 0.5) is 0 Å². The SMILES string of the molecule is Cc1ccc(OC[C@@H](O)Cn2nc(-c3ccco3)oc2=O)cc1. The lowest BCUT2D eigenvalue weighted by Crippen LogP contribution is -2.29. The largest absolute Gasteiger partial charge is 0.491 e. The summed E-state index contributed by atoms with van der Waals surface area (Å²) in [6.45, 7) is 1.99. The number of furan rings is 1. The van der Waals surface area contributed by atoms with Gasteiger partial charge in [-0.1, -0.05) is 17.7 Å². The number of aryl methyl sites for hydroxylation is 1. The molecule has 0 aliphatic heterocycles. The molecule has 0 spiro atoms. The van der Waals surface area contributed by atoms with Crippen LogP contribution in [0.25, 0.3) is 11.7 Å². The van der Waals surface area contributed by atoms with Crippen molar-refractivity contribution in [3.8, 4) is 17.4 Å². The van der Waals surface area contributed by atoms with Crippen molar-refractivity contribution in [2.75, 3.05) is 6.61 Å². The summed E-state index contributed by atoms with van der Waals surface area (Å²) in [5.41, 5.74) is 1.12. The Kier molecular flexibility index (Phi) is 4.29. The lowest BCUT2D eigenvalue weighted by molar-refractivity contribution is 0.0875. The molecule has 0 radical (unpaired) electrons. The van der Waals surface area contributed by atoms with Gasteiger partial charge in [-0.3, -0.25) is 0 Å². The topological polar surface area (TPSA) is 90.6 Å². The Hall–Kier alpha value is -2.80. The van der Waals surface area contributed by atoms with Gasteiger partial charge in [-0.25, -0.2) is 4.79 Å². The van der Waals surface area contributed by atoms with Crippen molar-refractivity contribution in [2.45, 2.75) is 19.6 Å². The molecule has 1 atom stereocenters. The van der Waals surface area contributed by atoms with E-state index in [1.165, 1.54) is 6.26 Å². The van der Waals surface area contributed by atoms with Gasteiger partial charge in [-0.05, 0) is 31.2 Å². The van der Waals surface area contributed by atoms with Crippen LogP contribution >= 0.6 is 0 Å². The lowest BCUT2D eigenvalue weighted by atomic mass is 10.2. The summed E-state index contributed by atoms with van der Waals surface area (Å²) in [6, 6.07) is 10.8. The fraction of sp³-hybridized carbons (Fsp3) is 0.250. The van der Waals surface area contributed by atoms with Crippen LogP contribution in [0.2, 0.25) is 0 Å². The first-order valence-electron chi connectivity index (χ1n) is 7.11. The number of aliphatic hydroxyl groups excluding tert-OH is 1. The number of nitrogens with zero attached hydrogens (tertiary/aromatic N) is 2. The van der Waals surface area contributed by atoms with Crippen molar-refractivity contribution >= 4 is 0 Å². The molecule has 0 bridgehead atoms. The van der Waals surface area contributed by atoms with Gasteiger partial charge in [-0.2, -0.15) is 4.68 Å². The Morgan fingerprint density at radius 3 is 2.78 bits per heavy atom. The van der Waals surface area contributed by atoms with Crippen molar-refractivity contribution < 1.29 is 18.7 Å². The van der Waals surface area contributed by atoms with Crippen LogP contribution in [0.5, 0.6) is 5.75 Å². The third kappa shape index (κ3) is 3.70. The Morgan fingerprint density at radius 2 is 2.09 bits per heavy atom. The van der Waals surface area contributed by atoms with E-state index in [0.717, 1.165) is 10.2 Å². The van der Waals surface area contributed by atoms with E-state index in [1.54, 1.807) is 12.1 Å². The van der Waals surface area contributed by atoms with Crippen LogP contribution in [0.3, 0.4) is 0 Å². The minimum absolute atomic E-state index is 0.0328. The predicted octanol–water partition coefficient (Wildman–Crippen LogP) is 1.84. The Bertz CT molecular complexity index is 802. The fourth-order valence-corrected chi connectivity index (χ4v) is 2.00. The second kappa shape index (κ2) is 6.53. The first-order chi connectivity index (χ1) is 11.1. The number of aromatic nitrogens is 2. The molecule has 2 heterocycles. The van der Waals surface area contributed by atoms with Crippen LogP contribution in [-0.2, 0) is 6.54 Å². The molecule has 7 nitrogen and oxygen atoms in total. The van der Waals surface area contributed by atoms with Crippen molar-refractivity contribution in [2.24, 2.45) is 0 Å². The van der Waals surface area contributed by atoms with E-state index >= 15 is 0 Å². The van der Waals surface area contributed by atoms with Crippen LogP contribution in [-0.4, -0.2) is 27.6 Å². The summed E-state index contributed by atoms with van der Waals surface area (Å²) in [5.74, 6) is 0.419. The maximum Gasteiger partial charge on any atom is 0.437 e. The molecule has 23 heavy (non-hydrogen) atoms. The summed E-state index contributed by atoms with van der Waals surface area (Å²) >= 11 is 0. The summed E-state index contributed by atoms with van der Waals surface area (Å²) in [4.78, 5) is 11.7. The second-order valence-electron chi connectivity index (χ2n) is 5.11. The average Bonchev–Trinajstić information content (AvgIpc) is 3.17. The third-order valence-corrected chi connectivity index (χ3v) is 3.19. The highest BCUT2D eigenvalue weighted by atomic mass is 16.5. The zero-order valence-corrected chi connectivity index (χ0v) is 12.5. The van der Waals surface area contributed by atoms with E-state index in [4.69, 9.17) is 13.6 Å². The summed E-state index contributed by atoms with van der Waals surface area (Å²) in [7, 11) is 0. The molecule has 1 N–H and O–H groups in total. The number of benzene rings is 1. The number of rotatable bonds is 6. The summed E-state index contributed by atoms with van der Waals surface area (Å²) in [5, 5.41) is 14.0. The van der Waals surface area contributed by atoms with E-state index < -0.39 is 11.9 Å². The van der Waals surface area contributed by atoms with E-state index in [-0.39, 0.29) is 19.0 Å². The zero-order chi connectivity index (χ0) is 16.2. The minimum atomic E-state index is -0.899. The van der Waals surface area contributed by atoms with E-state index in [9.17, 15) is 9.90 Å². The molecule has 3 rings (SSSR count). The molecule has 1 aromatic carbocycles. The average molecular weight is 316 g/mol. The van der Waals surface area contributed by atoms with Crippen molar-refractivity contribution in [3.63, 3.8) is 0 Å². The number of hydrogen-bond acceptors (Lipinski definition) is 6. The molecule has 0 saturated heterocycles. The van der Waals surface area contributed by atoms with Gasteiger partial charge in [0.15, 0.2) is 5.76 Å². The van der Waals surface area contributed by atoms with Gasteiger partial charge in [0.2, 0.25) is 0 Å². The smallest absolute Gasteiger partial charge is 0.437 e. The van der Waals surface area contributed by atoms with Gasteiger partial charge in [0.25, 0.3) is 5.89 Å². The molecule has 2 aromatic heterocycles. The van der Waals surface area contributed by atoms with E-state index in [0.29, 0.717) is 11.5 Å². The Labute approximate surface area is 131 Å². The fourth-order valence-electron chi connectivity index (χ4n) is 2.00. The molecule has 0 unspecified atom stereocenters. The highest BCUT2D eigenvalue weighted by Crippen LogP contribution is 2.15. The molecule has 7 heteroatoms. The van der Waals surface area contributed by atoms with Gasteiger partial charge in [-0.15, -0.1) is 5.10 Å². The molecular formula is C16H16N2O5. The molecule has 0 amide bonds. The molecule has 0 fully saturated rings. The third-order valence-electron chi connectivity index (χ3n) is 3.19. The Morgan fingerprint density at radius 1 is 1.30 bits per heavy atom. The quantitative estimate of drug-likeness (QED) is 0.746. The van der Waals surface area contributed by atoms with Gasteiger partial charge in [0.05, 0.1) is 12.8 Å². The van der Waals surface area contributed by atoms with Crippen molar-refractivity contribution in [1.82, 2.24) is 9.78 Å². The van der Waals surface area contributed by atoms with Gasteiger partial charge >= 0.3 is 5.76 Å². The van der Waals surface area contributed by atoms with Crippen LogP contribution in [0.1, 0.15) is 5.56 Å². The zero-order valence-electron chi connectivity index (χ0n) is 12.5. The molecule has 120 valence electrons. The molecule has 0 aliphatic carbocycles. The molecule has 0 saturated carbocycles. The first-order valence-corrected chi connectivity index (χ1v) is 7.11. The molecular weight excluding hydrogens is 300 g/mol. The number of ether oxygens (including phenoxy) is 1. The first kappa shape index (κ1) is 15.1. The Balaban J connectivity index is 1.60. The maximum atomic E-state index is 11.7. The maximum absolute atomic E-state index is 11.7. The standard InChI is InChI=1S/C16H16N2O5/c1-11-4-6-13(7-5-11)22-10-12(19)9-18-16(20)23-15(17-18)14-3-2-8-21-14/h2-8,12,19H,9-10H2,1H3/t12-/m0/s1. The number of aliphatic hydroxyl groups is 1. The molecule has 3 aromatic rings.